The van der Waals surface area contributed by atoms with E-state index in [9.17, 15) is 13.2 Å². The average Bonchev–Trinajstić information content (AvgIpc) is 2.79. The lowest BCUT2D eigenvalue weighted by molar-refractivity contribution is -0.139. The fourth-order valence-electron chi connectivity index (χ4n) is 3.27. The summed E-state index contributed by atoms with van der Waals surface area (Å²) in [6.45, 7) is 1.26. The largest absolute Gasteiger partial charge is 0.469 e. The van der Waals surface area contributed by atoms with Crippen LogP contribution < -0.4 is 5.32 Å². The molecule has 0 aliphatic rings. The molecule has 1 N–H and O–H groups in total. The monoisotopic (exact) mass is 437 g/mol. The molecule has 3 aromatic carbocycles. The molecule has 6 heteroatoms. The summed E-state index contributed by atoms with van der Waals surface area (Å²) in [7, 11) is -1.93. The third-order valence-corrected chi connectivity index (χ3v) is 6.74. The highest BCUT2D eigenvalue weighted by Gasteiger charge is 2.14. The number of sulfone groups is 1. The molecule has 0 radical (unpaired) electrons. The second kappa shape index (κ2) is 10.9. The van der Waals surface area contributed by atoms with Gasteiger partial charge in [0.25, 0.3) is 0 Å². The molecule has 5 nitrogen and oxygen atoms in total. The van der Waals surface area contributed by atoms with Crippen LogP contribution in [0, 0.1) is 0 Å². The van der Waals surface area contributed by atoms with E-state index < -0.39 is 9.84 Å². The van der Waals surface area contributed by atoms with Crippen LogP contribution in [-0.2, 0) is 45.3 Å². The predicted octanol–water partition coefficient (Wildman–Crippen LogP) is 3.71. The van der Waals surface area contributed by atoms with Gasteiger partial charge in [0, 0.05) is 13.1 Å². The van der Waals surface area contributed by atoms with E-state index in [2.05, 4.69) is 5.32 Å². The minimum atomic E-state index is -3.31. The van der Waals surface area contributed by atoms with Crippen LogP contribution in [0.1, 0.15) is 22.3 Å². The zero-order valence-electron chi connectivity index (χ0n) is 17.6. The van der Waals surface area contributed by atoms with Gasteiger partial charge in [-0.3, -0.25) is 4.79 Å². The van der Waals surface area contributed by atoms with Gasteiger partial charge < -0.3 is 10.1 Å². The summed E-state index contributed by atoms with van der Waals surface area (Å²) in [5, 5.41) is 3.35. The Balaban J connectivity index is 1.51. The number of benzene rings is 3. The maximum Gasteiger partial charge on any atom is 0.309 e. The molecule has 0 saturated carbocycles. The van der Waals surface area contributed by atoms with Crippen molar-refractivity contribution in [2.75, 3.05) is 12.9 Å². The summed E-state index contributed by atoms with van der Waals surface area (Å²) in [6, 6.07) is 24.5. The number of hydrogen-bond donors (Lipinski definition) is 1. The minimum absolute atomic E-state index is 0.0938. The molecule has 0 aliphatic carbocycles. The van der Waals surface area contributed by atoms with E-state index in [-0.39, 0.29) is 18.1 Å². The number of methoxy groups -OCH3 is 1. The van der Waals surface area contributed by atoms with Gasteiger partial charge in [0.2, 0.25) is 0 Å². The lowest BCUT2D eigenvalue weighted by atomic mass is 10.1. The number of hydrogen-bond acceptors (Lipinski definition) is 5. The first kappa shape index (κ1) is 22.7. The van der Waals surface area contributed by atoms with Gasteiger partial charge in [0.1, 0.15) is 0 Å². The molecule has 3 rings (SSSR count). The van der Waals surface area contributed by atoms with Gasteiger partial charge in [-0.05, 0) is 40.8 Å². The topological polar surface area (TPSA) is 72.5 Å². The van der Waals surface area contributed by atoms with Crippen molar-refractivity contribution in [1.82, 2.24) is 5.32 Å². The molecular weight excluding hydrogens is 410 g/mol. The van der Waals surface area contributed by atoms with Crippen molar-refractivity contribution >= 4 is 15.8 Å². The summed E-state index contributed by atoms with van der Waals surface area (Å²) >= 11 is 0. The van der Waals surface area contributed by atoms with Gasteiger partial charge in [-0.15, -0.1) is 0 Å². The van der Waals surface area contributed by atoms with Crippen molar-refractivity contribution in [3.05, 3.63) is 101 Å². The summed E-state index contributed by atoms with van der Waals surface area (Å²) in [4.78, 5) is 11.8. The van der Waals surface area contributed by atoms with Gasteiger partial charge in [-0.1, -0.05) is 66.7 Å². The Morgan fingerprint density at radius 3 is 2.16 bits per heavy atom. The van der Waals surface area contributed by atoms with Gasteiger partial charge in [0.05, 0.1) is 24.2 Å². The zero-order chi connectivity index (χ0) is 22.1. The molecule has 0 saturated heterocycles. The van der Waals surface area contributed by atoms with Crippen molar-refractivity contribution < 1.29 is 17.9 Å². The Labute approximate surface area is 184 Å². The van der Waals surface area contributed by atoms with Crippen LogP contribution in [0.25, 0.3) is 0 Å². The highest BCUT2D eigenvalue weighted by molar-refractivity contribution is 7.91. The second-order valence-corrected chi connectivity index (χ2v) is 9.48. The molecule has 162 valence electrons. The Hall–Kier alpha value is -2.96. The van der Waals surface area contributed by atoms with Crippen LogP contribution in [0.4, 0.5) is 0 Å². The Morgan fingerprint density at radius 2 is 1.45 bits per heavy atom. The summed E-state index contributed by atoms with van der Waals surface area (Å²) in [5.41, 5.74) is 4.01. The molecule has 3 aromatic rings. The number of nitrogens with one attached hydrogen (secondary N) is 1. The molecule has 0 heterocycles. The third kappa shape index (κ3) is 7.05. The minimum Gasteiger partial charge on any atom is -0.469 e. The highest BCUT2D eigenvalue weighted by Crippen LogP contribution is 2.15. The van der Waals surface area contributed by atoms with E-state index >= 15 is 0 Å². The summed E-state index contributed by atoms with van der Waals surface area (Å²) in [6.07, 6.45) is 0.756. The fourth-order valence-corrected chi connectivity index (χ4v) is 4.56. The first-order valence-electron chi connectivity index (χ1n) is 10.2. The first-order chi connectivity index (χ1) is 15.0. The van der Waals surface area contributed by atoms with E-state index in [1.807, 2.05) is 66.7 Å². The van der Waals surface area contributed by atoms with Crippen LogP contribution in [0.15, 0.2) is 83.8 Å². The van der Waals surface area contributed by atoms with Gasteiger partial charge in [0.15, 0.2) is 9.84 Å². The summed E-state index contributed by atoms with van der Waals surface area (Å²) < 4.78 is 29.9. The molecule has 0 spiro atoms. The zero-order valence-corrected chi connectivity index (χ0v) is 18.4. The molecule has 0 bridgehead atoms. The molecule has 0 aliphatic heterocycles. The van der Waals surface area contributed by atoms with E-state index in [4.69, 9.17) is 4.74 Å². The fraction of sp³-hybridized carbons (Fsp3) is 0.240. The SMILES string of the molecule is COC(=O)Cc1cccc(CNCc2ccc(S(=O)(=O)CCc3ccccc3)cc2)c1. The maximum absolute atomic E-state index is 12.6. The van der Waals surface area contributed by atoms with Crippen molar-refractivity contribution in [2.24, 2.45) is 0 Å². The van der Waals surface area contributed by atoms with Crippen molar-refractivity contribution in [3.63, 3.8) is 0 Å². The van der Waals surface area contributed by atoms with E-state index in [1.54, 1.807) is 12.1 Å². The van der Waals surface area contributed by atoms with E-state index in [1.165, 1.54) is 7.11 Å². The smallest absolute Gasteiger partial charge is 0.309 e. The van der Waals surface area contributed by atoms with Gasteiger partial charge in [-0.2, -0.15) is 0 Å². The maximum atomic E-state index is 12.6. The Morgan fingerprint density at radius 1 is 0.806 bits per heavy atom. The number of carbonyl (C=O) groups is 1. The molecule has 0 fully saturated rings. The molecule has 0 aromatic heterocycles. The van der Waals surface area contributed by atoms with Crippen molar-refractivity contribution in [3.8, 4) is 0 Å². The molecule has 0 atom stereocenters. The van der Waals surface area contributed by atoms with Crippen molar-refractivity contribution in [2.45, 2.75) is 30.8 Å². The standard InChI is InChI=1S/C25H27NO4S/c1-30-25(27)17-22-8-5-9-23(16-22)19-26-18-21-10-12-24(13-11-21)31(28,29)15-14-20-6-3-2-4-7-20/h2-13,16,26H,14-15,17-19H2,1H3. The van der Waals surface area contributed by atoms with Crippen LogP contribution in [0.3, 0.4) is 0 Å². The van der Waals surface area contributed by atoms with Gasteiger partial charge >= 0.3 is 5.97 Å². The number of ether oxygens (including phenoxy) is 1. The van der Waals surface area contributed by atoms with Crippen LogP contribution in [0.2, 0.25) is 0 Å². The normalized spacial score (nSPS) is 11.3. The second-order valence-electron chi connectivity index (χ2n) is 7.37. The lowest BCUT2D eigenvalue weighted by Crippen LogP contribution is -2.14. The van der Waals surface area contributed by atoms with Crippen LogP contribution in [0.5, 0.6) is 0 Å². The number of esters is 1. The average molecular weight is 438 g/mol. The van der Waals surface area contributed by atoms with E-state index in [0.717, 1.165) is 22.3 Å². The number of rotatable bonds is 10. The Bertz CT molecular complexity index is 1090. The number of aryl methyl sites for hydroxylation is 1. The van der Waals surface area contributed by atoms with Gasteiger partial charge in [-0.25, -0.2) is 8.42 Å². The third-order valence-electron chi connectivity index (χ3n) is 5.01. The molecule has 0 amide bonds. The first-order valence-corrected chi connectivity index (χ1v) is 11.8. The summed E-state index contributed by atoms with van der Waals surface area (Å²) in [5.74, 6) is -0.166. The predicted molar refractivity (Wildman–Crippen MR) is 121 cm³/mol. The highest BCUT2D eigenvalue weighted by atomic mass is 32.2. The van der Waals surface area contributed by atoms with E-state index in [0.29, 0.717) is 24.4 Å². The Kier molecular flexibility index (Phi) is 7.98. The molecule has 0 unspecified atom stereocenters. The van der Waals surface area contributed by atoms with Crippen LogP contribution >= 0.6 is 0 Å². The molecule has 31 heavy (non-hydrogen) atoms. The quantitative estimate of drug-likeness (QED) is 0.490. The number of carbonyl (C=O) groups excluding carboxylic acids is 1. The molecular formula is C25H27NO4S. The van der Waals surface area contributed by atoms with Crippen molar-refractivity contribution in [1.29, 1.82) is 0 Å². The van der Waals surface area contributed by atoms with Crippen LogP contribution in [-0.4, -0.2) is 27.2 Å². The lowest BCUT2D eigenvalue weighted by Gasteiger charge is -2.09.